The molecule has 6 N–H and O–H groups in total. The van der Waals surface area contributed by atoms with Crippen molar-refractivity contribution in [2.75, 3.05) is 13.2 Å². The molecule has 0 saturated heterocycles. The van der Waals surface area contributed by atoms with E-state index in [-0.39, 0.29) is 12.8 Å². The van der Waals surface area contributed by atoms with Crippen LogP contribution in [0.1, 0.15) is 232 Å². The molecule has 6 unspecified atom stereocenters. The largest absolute Gasteiger partial charge is 0.472 e. The van der Waals surface area contributed by atoms with E-state index in [1.807, 2.05) is 6.08 Å². The van der Waals surface area contributed by atoms with Crippen LogP contribution in [0.25, 0.3) is 0 Å². The SMILES string of the molecule is C=CCCCCCCCCCCCCCCCC(=O)O[C@@H](COC(=O)CCCCCCCCCCCCCCCCCCCCC)COP(=O)(O)OC1C(O)C(O)C(O)[C@H](O)C1O. The van der Waals surface area contributed by atoms with E-state index in [0.717, 1.165) is 51.4 Å². The van der Waals surface area contributed by atoms with Gasteiger partial charge in [0, 0.05) is 12.8 Å². The topological polar surface area (TPSA) is 210 Å². The molecule has 1 fully saturated rings. The van der Waals surface area contributed by atoms with Crippen LogP contribution in [0.4, 0.5) is 0 Å². The van der Waals surface area contributed by atoms with E-state index in [1.54, 1.807) is 0 Å². The van der Waals surface area contributed by atoms with Gasteiger partial charge in [0.25, 0.3) is 0 Å². The predicted octanol–water partition coefficient (Wildman–Crippen LogP) is 10.6. The van der Waals surface area contributed by atoms with Gasteiger partial charge in [-0.05, 0) is 25.7 Å². The van der Waals surface area contributed by atoms with E-state index in [2.05, 4.69) is 13.5 Å². The second-order valence-electron chi connectivity index (χ2n) is 18.1. The van der Waals surface area contributed by atoms with Gasteiger partial charge in [-0.15, -0.1) is 6.58 Å². The first kappa shape index (κ1) is 59.6. The lowest BCUT2D eigenvalue weighted by atomic mass is 9.85. The highest BCUT2D eigenvalue weighted by Crippen LogP contribution is 2.47. The van der Waals surface area contributed by atoms with E-state index < -0.39 is 75.7 Å². The Bertz CT molecular complexity index is 1140. The van der Waals surface area contributed by atoms with Crippen molar-refractivity contribution in [2.45, 2.75) is 274 Å². The number of aliphatic hydroxyl groups is 5. The molecule has 0 spiro atoms. The Hall–Kier alpha value is -1.41. The second-order valence-corrected chi connectivity index (χ2v) is 19.5. The average Bonchev–Trinajstić information content (AvgIpc) is 3.26. The van der Waals surface area contributed by atoms with Crippen LogP contribution in [0.2, 0.25) is 0 Å². The molecule has 0 aromatic carbocycles. The Morgan fingerprint density at radius 3 is 1.22 bits per heavy atom. The fourth-order valence-corrected chi connectivity index (χ4v) is 9.12. The number of aliphatic hydroxyl groups excluding tert-OH is 5. The van der Waals surface area contributed by atoms with Crippen LogP contribution >= 0.6 is 7.82 Å². The number of rotatable bonds is 44. The number of ether oxygens (including phenoxy) is 2. The molecule has 8 atom stereocenters. The third kappa shape index (κ3) is 32.0. The Balaban J connectivity index is 2.37. The molecule has 0 bridgehead atoms. The van der Waals surface area contributed by atoms with Crippen molar-refractivity contribution in [3.8, 4) is 0 Å². The maximum absolute atomic E-state index is 12.8. The first-order chi connectivity index (χ1) is 30.4. The lowest BCUT2D eigenvalue weighted by Crippen LogP contribution is -2.64. The third-order valence-electron chi connectivity index (χ3n) is 12.3. The minimum Gasteiger partial charge on any atom is -0.462 e. The van der Waals surface area contributed by atoms with Crippen LogP contribution in [0.5, 0.6) is 0 Å². The summed E-state index contributed by atoms with van der Waals surface area (Å²) in [7, 11) is -5.12. The first-order valence-corrected chi connectivity index (χ1v) is 26.9. The predicted molar refractivity (Wildman–Crippen MR) is 249 cm³/mol. The quantitative estimate of drug-likeness (QED) is 0.0146. The normalized spacial score (nSPS) is 21.5. The van der Waals surface area contributed by atoms with Crippen molar-refractivity contribution >= 4 is 19.8 Å². The number of phosphoric ester groups is 1. The average molecular weight is 921 g/mol. The number of unbranched alkanes of at least 4 members (excludes halogenated alkanes) is 31. The number of hydrogen-bond donors (Lipinski definition) is 6. The third-order valence-corrected chi connectivity index (χ3v) is 13.2. The van der Waals surface area contributed by atoms with Crippen molar-refractivity contribution in [3.05, 3.63) is 12.7 Å². The fraction of sp³-hybridized carbons (Fsp3) is 0.918. The zero-order chi connectivity index (χ0) is 46.4. The zero-order valence-corrected chi connectivity index (χ0v) is 40.4. The summed E-state index contributed by atoms with van der Waals surface area (Å²) < 4.78 is 33.6. The van der Waals surface area contributed by atoms with Gasteiger partial charge in [0.1, 0.15) is 43.2 Å². The van der Waals surface area contributed by atoms with E-state index >= 15 is 0 Å². The van der Waals surface area contributed by atoms with Gasteiger partial charge in [-0.1, -0.05) is 199 Å². The molecule has 63 heavy (non-hydrogen) atoms. The van der Waals surface area contributed by atoms with Gasteiger partial charge in [0.05, 0.1) is 6.61 Å². The molecule has 1 saturated carbocycles. The number of esters is 2. The Morgan fingerprint density at radius 2 is 0.841 bits per heavy atom. The second kappa shape index (κ2) is 39.7. The fourth-order valence-electron chi connectivity index (χ4n) is 8.15. The lowest BCUT2D eigenvalue weighted by Gasteiger charge is -2.41. The summed E-state index contributed by atoms with van der Waals surface area (Å²) in [6, 6.07) is 0. The van der Waals surface area contributed by atoms with E-state index in [9.17, 15) is 44.6 Å². The van der Waals surface area contributed by atoms with Crippen LogP contribution in [0, 0.1) is 0 Å². The summed E-state index contributed by atoms with van der Waals surface area (Å²) in [6.45, 7) is 4.87. The molecule has 0 aromatic rings. The monoisotopic (exact) mass is 921 g/mol. The molecule has 1 rings (SSSR count). The molecule has 13 nitrogen and oxygen atoms in total. The van der Waals surface area contributed by atoms with E-state index in [0.29, 0.717) is 12.8 Å². The van der Waals surface area contributed by atoms with Gasteiger partial charge in [0.15, 0.2) is 6.10 Å². The highest BCUT2D eigenvalue weighted by Gasteiger charge is 2.51. The summed E-state index contributed by atoms with van der Waals surface area (Å²) >= 11 is 0. The van der Waals surface area contributed by atoms with Crippen molar-refractivity contribution in [2.24, 2.45) is 0 Å². The summed E-state index contributed by atoms with van der Waals surface area (Å²) in [6.07, 6.45) is 28.7. The molecule has 0 aliphatic heterocycles. The van der Waals surface area contributed by atoms with Gasteiger partial charge < -0.3 is 39.9 Å². The number of hydrogen-bond acceptors (Lipinski definition) is 12. The van der Waals surface area contributed by atoms with E-state index in [1.165, 1.54) is 148 Å². The molecular formula is C49H93O13P. The highest BCUT2D eigenvalue weighted by atomic mass is 31.2. The summed E-state index contributed by atoms with van der Waals surface area (Å²) in [5.41, 5.74) is 0. The smallest absolute Gasteiger partial charge is 0.462 e. The van der Waals surface area contributed by atoms with Crippen LogP contribution in [0.15, 0.2) is 12.7 Å². The molecule has 0 amide bonds. The van der Waals surface area contributed by atoms with Gasteiger partial charge in [-0.2, -0.15) is 0 Å². The van der Waals surface area contributed by atoms with Crippen LogP contribution < -0.4 is 0 Å². The minimum atomic E-state index is -5.12. The number of phosphoric acid groups is 1. The maximum atomic E-state index is 12.8. The van der Waals surface area contributed by atoms with E-state index in [4.69, 9.17) is 18.5 Å². The molecule has 0 heterocycles. The molecule has 1 aliphatic rings. The summed E-state index contributed by atoms with van der Waals surface area (Å²) in [5.74, 6) is -1.09. The number of carbonyl (C=O) groups is 2. The number of carbonyl (C=O) groups excluding carboxylic acids is 2. The van der Waals surface area contributed by atoms with Gasteiger partial charge in [-0.25, -0.2) is 4.57 Å². The van der Waals surface area contributed by atoms with Gasteiger partial charge in [0.2, 0.25) is 0 Å². The van der Waals surface area contributed by atoms with Gasteiger partial charge >= 0.3 is 19.8 Å². The van der Waals surface area contributed by atoms with Crippen LogP contribution in [0.3, 0.4) is 0 Å². The molecule has 0 radical (unpaired) electrons. The van der Waals surface area contributed by atoms with Crippen molar-refractivity contribution < 1.29 is 63.1 Å². The lowest BCUT2D eigenvalue weighted by molar-refractivity contribution is -0.220. The molecule has 372 valence electrons. The highest BCUT2D eigenvalue weighted by molar-refractivity contribution is 7.47. The molecular weight excluding hydrogens is 828 g/mol. The Kier molecular flexibility index (Phi) is 37.6. The molecule has 14 heteroatoms. The Labute approximate surface area is 382 Å². The summed E-state index contributed by atoms with van der Waals surface area (Å²) in [4.78, 5) is 35.8. The number of allylic oxidation sites excluding steroid dienone is 1. The van der Waals surface area contributed by atoms with Crippen molar-refractivity contribution in [1.29, 1.82) is 0 Å². The van der Waals surface area contributed by atoms with Crippen molar-refractivity contribution in [1.82, 2.24) is 0 Å². The molecule has 0 aromatic heterocycles. The van der Waals surface area contributed by atoms with Crippen molar-refractivity contribution in [3.63, 3.8) is 0 Å². The summed E-state index contributed by atoms with van der Waals surface area (Å²) in [5, 5.41) is 50.2. The maximum Gasteiger partial charge on any atom is 0.472 e. The Morgan fingerprint density at radius 1 is 0.508 bits per heavy atom. The van der Waals surface area contributed by atoms with Gasteiger partial charge in [-0.3, -0.25) is 18.6 Å². The van der Waals surface area contributed by atoms with Crippen LogP contribution in [-0.4, -0.2) is 98.3 Å². The van der Waals surface area contributed by atoms with Crippen LogP contribution in [-0.2, 0) is 32.7 Å². The first-order valence-electron chi connectivity index (χ1n) is 25.5. The minimum absolute atomic E-state index is 0.0997. The molecule has 1 aliphatic carbocycles. The zero-order valence-electron chi connectivity index (χ0n) is 39.5. The standard InChI is InChI=1S/C49H93O13P/c1-3-5-7-9-11-13-15-17-19-20-21-22-24-25-27-29-31-33-35-37-42(50)59-39-41(40-60-63(57,58)62-49-47(55)45(53)44(52)46(54)48(49)56)61-43(51)38-36-34-32-30-28-26-23-18-16-14-12-10-8-6-4-2/h4,41,44-49,52-56H,2-3,5-40H2,1H3,(H,57,58)/t41-,44?,45-,46?,47?,48?,49?/m0/s1.